The van der Waals surface area contributed by atoms with Crippen LogP contribution >= 0.6 is 15.9 Å². The van der Waals surface area contributed by atoms with E-state index in [-0.39, 0.29) is 12.1 Å². The first-order chi connectivity index (χ1) is 7.16. The molecule has 0 spiro atoms. The van der Waals surface area contributed by atoms with E-state index in [1.54, 1.807) is 0 Å². The van der Waals surface area contributed by atoms with E-state index < -0.39 is 0 Å². The minimum Gasteiger partial charge on any atom is -0.486 e. The van der Waals surface area contributed by atoms with E-state index >= 15 is 0 Å². The molecule has 0 saturated carbocycles. The number of hydrogen-bond acceptors (Lipinski definition) is 3. The summed E-state index contributed by atoms with van der Waals surface area (Å²) >= 11 is 3.47. The first kappa shape index (κ1) is 10.5. The molecular formula is C11H11BrO3. The van der Waals surface area contributed by atoms with Crippen LogP contribution in [0.15, 0.2) is 22.7 Å². The van der Waals surface area contributed by atoms with E-state index in [0.717, 1.165) is 22.2 Å². The minimum absolute atomic E-state index is 0.0531. The maximum Gasteiger partial charge on any atom is 0.302 e. The summed E-state index contributed by atoms with van der Waals surface area (Å²) in [4.78, 5) is 10.7. The lowest BCUT2D eigenvalue weighted by atomic mass is 10.1. The van der Waals surface area contributed by atoms with Gasteiger partial charge in [-0.3, -0.25) is 4.79 Å². The number of fused-ring (bicyclic) bond motifs is 1. The second kappa shape index (κ2) is 4.23. The molecule has 1 aromatic carbocycles. The second-order valence-electron chi connectivity index (χ2n) is 3.46. The molecule has 80 valence electrons. The van der Waals surface area contributed by atoms with Crippen molar-refractivity contribution in [3.63, 3.8) is 0 Å². The monoisotopic (exact) mass is 270 g/mol. The molecule has 1 aliphatic rings. The molecule has 0 radical (unpaired) electrons. The largest absolute Gasteiger partial charge is 0.486 e. The molecule has 3 nitrogen and oxygen atoms in total. The Morgan fingerprint density at radius 1 is 1.67 bits per heavy atom. The third kappa shape index (κ3) is 2.31. The van der Waals surface area contributed by atoms with Gasteiger partial charge in [0.25, 0.3) is 0 Å². The van der Waals surface area contributed by atoms with Gasteiger partial charge in [0.1, 0.15) is 18.5 Å². The SMILES string of the molecule is CC(=O)OC[C@H]1Cc2c(Br)cccc2O1. The topological polar surface area (TPSA) is 35.5 Å². The van der Waals surface area contributed by atoms with Crippen molar-refractivity contribution < 1.29 is 14.3 Å². The number of esters is 1. The van der Waals surface area contributed by atoms with Gasteiger partial charge < -0.3 is 9.47 Å². The van der Waals surface area contributed by atoms with Gasteiger partial charge in [-0.25, -0.2) is 0 Å². The Kier molecular flexibility index (Phi) is 2.95. The molecule has 1 aromatic rings. The number of carbonyl (C=O) groups excluding carboxylic acids is 1. The molecule has 15 heavy (non-hydrogen) atoms. The predicted molar refractivity (Wildman–Crippen MR) is 58.9 cm³/mol. The van der Waals surface area contributed by atoms with Crippen molar-refractivity contribution >= 4 is 21.9 Å². The van der Waals surface area contributed by atoms with Crippen molar-refractivity contribution in [2.24, 2.45) is 0 Å². The van der Waals surface area contributed by atoms with Gasteiger partial charge in [0.05, 0.1) is 0 Å². The van der Waals surface area contributed by atoms with Gasteiger partial charge >= 0.3 is 5.97 Å². The first-order valence-electron chi connectivity index (χ1n) is 4.74. The van der Waals surface area contributed by atoms with Crippen molar-refractivity contribution in [1.82, 2.24) is 0 Å². The molecule has 4 heteroatoms. The van der Waals surface area contributed by atoms with E-state index in [4.69, 9.17) is 9.47 Å². The van der Waals surface area contributed by atoms with E-state index in [1.165, 1.54) is 6.92 Å². The Hall–Kier alpha value is -1.03. The van der Waals surface area contributed by atoms with E-state index in [0.29, 0.717) is 6.61 Å². The maximum absolute atomic E-state index is 10.7. The molecule has 2 rings (SSSR count). The smallest absolute Gasteiger partial charge is 0.302 e. The molecule has 0 fully saturated rings. The average Bonchev–Trinajstić information content (AvgIpc) is 2.59. The fourth-order valence-electron chi connectivity index (χ4n) is 1.60. The first-order valence-corrected chi connectivity index (χ1v) is 5.53. The quantitative estimate of drug-likeness (QED) is 0.774. The lowest BCUT2D eigenvalue weighted by molar-refractivity contribution is -0.143. The lowest BCUT2D eigenvalue weighted by Gasteiger charge is -2.09. The van der Waals surface area contributed by atoms with Crippen LogP contribution in [0.5, 0.6) is 5.75 Å². The molecule has 0 saturated heterocycles. The summed E-state index contributed by atoms with van der Waals surface area (Å²) in [5.41, 5.74) is 1.15. The Bertz CT molecular complexity index is 389. The van der Waals surface area contributed by atoms with E-state index in [9.17, 15) is 4.79 Å². The van der Waals surface area contributed by atoms with E-state index in [1.807, 2.05) is 18.2 Å². The number of halogens is 1. The lowest BCUT2D eigenvalue weighted by Crippen LogP contribution is -2.21. The van der Waals surface area contributed by atoms with Gasteiger partial charge in [0, 0.05) is 23.4 Å². The third-order valence-corrected chi connectivity index (χ3v) is 3.02. The van der Waals surface area contributed by atoms with E-state index in [2.05, 4.69) is 15.9 Å². The summed E-state index contributed by atoms with van der Waals surface area (Å²) in [7, 11) is 0. The van der Waals surface area contributed by atoms with Crippen molar-refractivity contribution in [3.05, 3.63) is 28.2 Å². The van der Waals surface area contributed by atoms with Crippen LogP contribution in [-0.4, -0.2) is 18.7 Å². The summed E-state index contributed by atoms with van der Waals surface area (Å²) in [5.74, 6) is 0.607. The zero-order valence-electron chi connectivity index (χ0n) is 8.33. The summed E-state index contributed by atoms with van der Waals surface area (Å²) < 4.78 is 11.6. The predicted octanol–water partition coefficient (Wildman–Crippen LogP) is 2.32. The molecule has 0 N–H and O–H groups in total. The molecule has 1 atom stereocenters. The van der Waals surface area contributed by atoms with Crippen LogP contribution in [0.4, 0.5) is 0 Å². The van der Waals surface area contributed by atoms with Crippen molar-refractivity contribution in [2.45, 2.75) is 19.4 Å². The highest BCUT2D eigenvalue weighted by molar-refractivity contribution is 9.10. The number of rotatable bonds is 2. The summed E-state index contributed by atoms with van der Waals surface area (Å²) in [6.07, 6.45) is 0.729. The molecule has 0 aliphatic carbocycles. The normalized spacial score (nSPS) is 18.1. The van der Waals surface area contributed by atoms with Crippen LogP contribution in [0.3, 0.4) is 0 Å². The van der Waals surface area contributed by atoms with Crippen molar-refractivity contribution in [1.29, 1.82) is 0 Å². The van der Waals surface area contributed by atoms with Crippen LogP contribution in [0, 0.1) is 0 Å². The molecule has 0 unspecified atom stereocenters. The van der Waals surface area contributed by atoms with Gasteiger partial charge in [-0.2, -0.15) is 0 Å². The second-order valence-corrected chi connectivity index (χ2v) is 4.32. The Morgan fingerprint density at radius 2 is 2.47 bits per heavy atom. The Labute approximate surface area is 96.5 Å². The molecule has 1 aliphatic heterocycles. The Morgan fingerprint density at radius 3 is 3.13 bits per heavy atom. The number of benzene rings is 1. The minimum atomic E-state index is -0.270. The number of hydrogen-bond donors (Lipinski definition) is 0. The van der Waals surface area contributed by atoms with Gasteiger partial charge in [-0.1, -0.05) is 22.0 Å². The summed E-state index contributed by atoms with van der Waals surface area (Å²) in [6.45, 7) is 1.72. The van der Waals surface area contributed by atoms with Crippen LogP contribution in [0.25, 0.3) is 0 Å². The molecule has 0 bridgehead atoms. The number of carbonyl (C=O) groups is 1. The van der Waals surface area contributed by atoms with Gasteiger partial charge in [-0.15, -0.1) is 0 Å². The molecule has 0 amide bonds. The fraction of sp³-hybridized carbons (Fsp3) is 0.364. The van der Waals surface area contributed by atoms with Crippen LogP contribution in [0.2, 0.25) is 0 Å². The van der Waals surface area contributed by atoms with Gasteiger partial charge in [0.15, 0.2) is 0 Å². The number of ether oxygens (including phenoxy) is 2. The zero-order chi connectivity index (χ0) is 10.8. The highest BCUT2D eigenvalue weighted by Crippen LogP contribution is 2.34. The highest BCUT2D eigenvalue weighted by Gasteiger charge is 2.25. The van der Waals surface area contributed by atoms with Crippen molar-refractivity contribution in [3.8, 4) is 5.75 Å². The van der Waals surface area contributed by atoms with Crippen molar-refractivity contribution in [2.75, 3.05) is 6.61 Å². The maximum atomic E-state index is 10.7. The van der Waals surface area contributed by atoms with Crippen LogP contribution in [-0.2, 0) is 16.0 Å². The Balaban J connectivity index is 2.03. The fourth-order valence-corrected chi connectivity index (χ4v) is 2.11. The highest BCUT2D eigenvalue weighted by atomic mass is 79.9. The third-order valence-electron chi connectivity index (χ3n) is 2.27. The zero-order valence-corrected chi connectivity index (χ0v) is 9.91. The van der Waals surface area contributed by atoms with Crippen LogP contribution in [0.1, 0.15) is 12.5 Å². The standard InChI is InChI=1S/C11H11BrO3/c1-7(13)14-6-8-5-9-10(12)3-2-4-11(9)15-8/h2-4,8H,5-6H2,1H3/t8-/m1/s1. The average molecular weight is 271 g/mol. The summed E-state index contributed by atoms with van der Waals surface area (Å²) in [6, 6.07) is 5.83. The van der Waals surface area contributed by atoms with Crippen LogP contribution < -0.4 is 4.74 Å². The van der Waals surface area contributed by atoms with Gasteiger partial charge in [-0.05, 0) is 12.1 Å². The molecular weight excluding hydrogens is 260 g/mol. The van der Waals surface area contributed by atoms with Gasteiger partial charge in [0.2, 0.25) is 0 Å². The molecule has 1 heterocycles. The molecule has 0 aromatic heterocycles. The summed E-state index contributed by atoms with van der Waals surface area (Å²) in [5, 5.41) is 0.